The van der Waals surface area contributed by atoms with E-state index in [1.54, 1.807) is 39.0 Å². The molecule has 4 N–H and O–H groups in total. The van der Waals surface area contributed by atoms with Crippen molar-refractivity contribution in [2.45, 2.75) is 20.4 Å². The smallest absolute Gasteiger partial charge is 0.317 e. The van der Waals surface area contributed by atoms with Crippen LogP contribution in [0.2, 0.25) is 0 Å². The minimum atomic E-state index is -1.01. The fourth-order valence-electron chi connectivity index (χ4n) is 4.36. The zero-order chi connectivity index (χ0) is 29.7. The lowest BCUT2D eigenvalue weighted by Gasteiger charge is -2.32. The number of carboxylic acids is 3. The Labute approximate surface area is 234 Å². The van der Waals surface area contributed by atoms with Crippen molar-refractivity contribution in [2.75, 3.05) is 78.5 Å². The van der Waals surface area contributed by atoms with Crippen LogP contribution in [0.15, 0.2) is 24.3 Å². The Kier molecular flexibility index (Phi) is 13.7. The van der Waals surface area contributed by atoms with Crippen molar-refractivity contribution in [2.24, 2.45) is 5.92 Å². The highest BCUT2D eigenvalue weighted by Gasteiger charge is 2.21. The van der Waals surface area contributed by atoms with Gasteiger partial charge in [0, 0.05) is 70.4 Å². The van der Waals surface area contributed by atoms with Crippen molar-refractivity contribution in [1.82, 2.24) is 24.9 Å². The summed E-state index contributed by atoms with van der Waals surface area (Å²) in [4.78, 5) is 66.0. The molecule has 0 saturated carbocycles. The van der Waals surface area contributed by atoms with Crippen LogP contribution in [0.1, 0.15) is 29.8 Å². The van der Waals surface area contributed by atoms with Crippen LogP contribution in [0, 0.1) is 5.92 Å². The Hall–Kier alpha value is -3.39. The van der Waals surface area contributed by atoms with Gasteiger partial charge in [0.05, 0.1) is 26.2 Å². The minimum Gasteiger partial charge on any atom is -0.480 e. The van der Waals surface area contributed by atoms with Crippen LogP contribution in [0.4, 0.5) is 0 Å². The largest absolute Gasteiger partial charge is 0.480 e. The number of benzene rings is 1. The number of hydrogen-bond donors (Lipinski definition) is 4. The maximum Gasteiger partial charge on any atom is 0.317 e. The van der Waals surface area contributed by atoms with Gasteiger partial charge in [0.25, 0.3) is 0 Å². The molecule has 0 unspecified atom stereocenters. The Bertz CT molecular complexity index is 985. The SMILES string of the molecule is CC(C)C(=O)c1ccc(CNC(=O)CN2CCN(CC(=O)O)CCN(CC(=O)O)CCN(CC(=O)O)CC2)cc1. The first-order chi connectivity index (χ1) is 18.9. The average Bonchev–Trinajstić information content (AvgIpc) is 2.87. The Morgan fingerprint density at radius 3 is 1.32 bits per heavy atom. The summed E-state index contributed by atoms with van der Waals surface area (Å²) in [6.45, 7) is 5.97. The molecule has 40 heavy (non-hydrogen) atoms. The van der Waals surface area contributed by atoms with Crippen LogP contribution >= 0.6 is 0 Å². The lowest BCUT2D eigenvalue weighted by molar-refractivity contribution is -0.140. The molecule has 0 aromatic heterocycles. The Morgan fingerprint density at radius 1 is 0.650 bits per heavy atom. The normalized spacial score (nSPS) is 17.1. The summed E-state index contributed by atoms with van der Waals surface area (Å²) in [5.41, 5.74) is 1.46. The number of hydrogen-bond acceptors (Lipinski definition) is 9. The van der Waals surface area contributed by atoms with Gasteiger partial charge in [-0.3, -0.25) is 43.6 Å². The van der Waals surface area contributed by atoms with E-state index in [1.165, 1.54) is 0 Å². The summed E-state index contributed by atoms with van der Waals surface area (Å²) in [6, 6.07) is 7.08. The Balaban J connectivity index is 2.05. The lowest BCUT2D eigenvalue weighted by Crippen LogP contribution is -2.49. The molecular formula is C27H41N5O8. The number of rotatable bonds is 12. The van der Waals surface area contributed by atoms with Crippen molar-refractivity contribution in [3.05, 3.63) is 35.4 Å². The second-order valence-corrected chi connectivity index (χ2v) is 10.3. The summed E-state index contributed by atoms with van der Waals surface area (Å²) >= 11 is 0. The van der Waals surface area contributed by atoms with E-state index in [-0.39, 0.29) is 50.3 Å². The first-order valence-electron chi connectivity index (χ1n) is 13.4. The maximum atomic E-state index is 12.8. The number of nitrogens with zero attached hydrogens (tertiary/aromatic N) is 4. The van der Waals surface area contributed by atoms with Crippen LogP contribution in [-0.2, 0) is 25.7 Å². The van der Waals surface area contributed by atoms with E-state index < -0.39 is 17.9 Å². The number of amides is 1. The van der Waals surface area contributed by atoms with Gasteiger partial charge >= 0.3 is 17.9 Å². The van der Waals surface area contributed by atoms with Gasteiger partial charge in [-0.15, -0.1) is 0 Å². The standard InChI is InChI=1S/C27H41N5O8/c1-20(2)27(40)22-5-3-21(4-6-22)15-28-23(33)16-29-7-9-30(17-24(34)35)11-13-32(19-26(38)39)14-12-31(10-8-29)18-25(36)37/h3-6,20H,7-19H2,1-2H3,(H,28,33)(H,34,35)(H,36,37)(H,38,39). The highest BCUT2D eigenvalue weighted by molar-refractivity contribution is 5.97. The molecule has 13 heteroatoms. The number of carbonyl (C=O) groups is 5. The monoisotopic (exact) mass is 563 g/mol. The Morgan fingerprint density at radius 2 is 1.00 bits per heavy atom. The molecular weight excluding hydrogens is 522 g/mol. The fraction of sp³-hybridized carbons (Fsp3) is 0.593. The molecule has 1 aliphatic rings. The number of nitrogens with one attached hydrogen (secondary N) is 1. The summed E-state index contributed by atoms with van der Waals surface area (Å²) in [5, 5.41) is 30.8. The van der Waals surface area contributed by atoms with E-state index in [9.17, 15) is 39.3 Å². The zero-order valence-electron chi connectivity index (χ0n) is 23.3. The third kappa shape index (κ3) is 12.6. The van der Waals surface area contributed by atoms with E-state index in [0.717, 1.165) is 5.56 Å². The number of Topliss-reactive ketones (excluding diaryl/α,β-unsaturated/α-hetero) is 1. The van der Waals surface area contributed by atoms with E-state index in [2.05, 4.69) is 5.32 Å². The molecule has 1 aliphatic heterocycles. The molecule has 222 valence electrons. The third-order valence-corrected chi connectivity index (χ3v) is 6.63. The van der Waals surface area contributed by atoms with Crippen LogP contribution in [0.3, 0.4) is 0 Å². The molecule has 1 aromatic rings. The van der Waals surface area contributed by atoms with Gasteiger partial charge in [0.15, 0.2) is 5.78 Å². The molecule has 0 spiro atoms. The number of ketones is 1. The van der Waals surface area contributed by atoms with E-state index >= 15 is 0 Å². The second-order valence-electron chi connectivity index (χ2n) is 10.3. The van der Waals surface area contributed by atoms with Crippen LogP contribution < -0.4 is 5.32 Å². The molecule has 1 fully saturated rings. The highest BCUT2D eigenvalue weighted by atomic mass is 16.4. The first kappa shape index (κ1) is 32.8. The van der Waals surface area contributed by atoms with Gasteiger partial charge in [-0.05, 0) is 5.56 Å². The molecule has 0 bridgehead atoms. The van der Waals surface area contributed by atoms with Crippen molar-refractivity contribution in [1.29, 1.82) is 0 Å². The molecule has 2 rings (SSSR count). The molecule has 1 amide bonds. The molecule has 0 radical (unpaired) electrons. The number of aliphatic carboxylic acids is 3. The summed E-state index contributed by atoms with van der Waals surface area (Å²) < 4.78 is 0. The maximum absolute atomic E-state index is 12.8. The highest BCUT2D eigenvalue weighted by Crippen LogP contribution is 2.10. The van der Waals surface area contributed by atoms with Crippen LogP contribution in [0.5, 0.6) is 0 Å². The van der Waals surface area contributed by atoms with Gasteiger partial charge in [0.1, 0.15) is 0 Å². The average molecular weight is 564 g/mol. The predicted octanol–water partition coefficient (Wildman–Crippen LogP) is -0.383. The molecule has 0 atom stereocenters. The van der Waals surface area contributed by atoms with Crippen molar-refractivity contribution in [3.63, 3.8) is 0 Å². The quantitative estimate of drug-likeness (QED) is 0.243. The van der Waals surface area contributed by atoms with E-state index in [4.69, 9.17) is 0 Å². The van der Waals surface area contributed by atoms with Crippen LogP contribution in [0.25, 0.3) is 0 Å². The van der Waals surface area contributed by atoms with Crippen LogP contribution in [-0.4, -0.2) is 143 Å². The second kappa shape index (κ2) is 16.7. The number of carboxylic acid groups (broad SMARTS) is 3. The summed E-state index contributed by atoms with van der Waals surface area (Å²) in [7, 11) is 0. The van der Waals surface area contributed by atoms with Gasteiger partial charge in [-0.25, -0.2) is 0 Å². The van der Waals surface area contributed by atoms with Gasteiger partial charge in [0.2, 0.25) is 5.91 Å². The molecule has 13 nitrogen and oxygen atoms in total. The first-order valence-corrected chi connectivity index (χ1v) is 13.4. The molecule has 1 heterocycles. The zero-order valence-corrected chi connectivity index (χ0v) is 23.3. The van der Waals surface area contributed by atoms with Crippen molar-refractivity contribution in [3.8, 4) is 0 Å². The van der Waals surface area contributed by atoms with E-state index in [0.29, 0.717) is 57.9 Å². The molecule has 1 saturated heterocycles. The van der Waals surface area contributed by atoms with Gasteiger partial charge in [-0.2, -0.15) is 0 Å². The summed E-state index contributed by atoms with van der Waals surface area (Å²) in [5.74, 6) is -3.32. The topological polar surface area (TPSA) is 171 Å². The van der Waals surface area contributed by atoms with E-state index in [1.807, 2.05) is 18.7 Å². The third-order valence-electron chi connectivity index (χ3n) is 6.63. The van der Waals surface area contributed by atoms with Crippen molar-refractivity contribution < 1.29 is 39.3 Å². The molecule has 0 aliphatic carbocycles. The number of carbonyl (C=O) groups excluding carboxylic acids is 2. The fourth-order valence-corrected chi connectivity index (χ4v) is 4.36. The molecule has 1 aromatic carbocycles. The predicted molar refractivity (Wildman–Crippen MR) is 146 cm³/mol. The van der Waals surface area contributed by atoms with Gasteiger partial charge in [-0.1, -0.05) is 38.1 Å². The summed E-state index contributed by atoms with van der Waals surface area (Å²) in [6.07, 6.45) is 0. The van der Waals surface area contributed by atoms with Crippen molar-refractivity contribution >= 4 is 29.6 Å². The lowest BCUT2D eigenvalue weighted by atomic mass is 10.00. The van der Waals surface area contributed by atoms with Gasteiger partial charge < -0.3 is 20.6 Å². The minimum absolute atomic E-state index is 0.0386.